The van der Waals surface area contributed by atoms with E-state index < -0.39 is 0 Å². The fourth-order valence-electron chi connectivity index (χ4n) is 4.09. The maximum absolute atomic E-state index is 13.4. The van der Waals surface area contributed by atoms with Gasteiger partial charge in [-0.15, -0.1) is 0 Å². The molecule has 0 aromatic heterocycles. The van der Waals surface area contributed by atoms with E-state index in [1.54, 1.807) is 24.2 Å². The number of nitrogens with zero attached hydrogens (tertiary/aromatic N) is 3. The Hall–Kier alpha value is -3.49. The first kappa shape index (κ1) is 30.7. The molecule has 0 unspecified atom stereocenters. The first-order valence-electron chi connectivity index (χ1n) is 13.1. The van der Waals surface area contributed by atoms with Crippen LogP contribution in [0.2, 0.25) is 0 Å². The third kappa shape index (κ3) is 9.11. The number of hydrazine groups is 1. The molecule has 2 aromatic rings. The van der Waals surface area contributed by atoms with E-state index in [1.807, 2.05) is 18.9 Å². The standard InChI is InChI=1S/C23H25FN4O.C5H13N.C2H5N/c1-15-4-5-17(19-8-16(2)25-11-19)10-22(15)26-12-23(29)27(3)28-13-18-6-7-21(24)9-20(18)14-28;1-3-5-6-4-2;1-2-3/h4-10,26H,11-14H2,1-3H3;6H,3-5H2,1-2H3;2H,1,3H2. The van der Waals surface area contributed by atoms with Gasteiger partial charge in [-0.05, 0) is 91.7 Å². The van der Waals surface area contributed by atoms with Crippen LogP contribution in [0.1, 0.15) is 49.4 Å². The number of anilines is 1. The van der Waals surface area contributed by atoms with Crippen molar-refractivity contribution in [3.05, 3.63) is 83.3 Å². The highest BCUT2D eigenvalue weighted by molar-refractivity contribution is 6.03. The van der Waals surface area contributed by atoms with Gasteiger partial charge in [0, 0.05) is 31.5 Å². The number of halogens is 1. The molecule has 0 aliphatic carbocycles. The smallest absolute Gasteiger partial charge is 0.255 e. The first-order valence-corrected chi connectivity index (χ1v) is 13.1. The van der Waals surface area contributed by atoms with E-state index in [1.165, 1.54) is 24.3 Å². The molecule has 0 saturated carbocycles. The van der Waals surface area contributed by atoms with Gasteiger partial charge in [0.2, 0.25) is 0 Å². The zero-order chi connectivity index (χ0) is 28.1. The van der Waals surface area contributed by atoms with Crippen LogP contribution in [0, 0.1) is 12.7 Å². The van der Waals surface area contributed by atoms with Crippen LogP contribution in [0.5, 0.6) is 0 Å². The number of rotatable bonds is 8. The quantitative estimate of drug-likeness (QED) is 0.430. The van der Waals surface area contributed by atoms with E-state index in [0.29, 0.717) is 19.6 Å². The molecule has 2 aliphatic rings. The molecule has 7 nitrogen and oxygen atoms in total. The van der Waals surface area contributed by atoms with Crippen molar-refractivity contribution in [1.82, 2.24) is 15.3 Å². The molecule has 4 rings (SSSR count). The molecular formula is C30H43FN6O. The fourth-order valence-corrected chi connectivity index (χ4v) is 4.09. The van der Waals surface area contributed by atoms with Gasteiger partial charge in [0.15, 0.2) is 0 Å². The second kappa shape index (κ2) is 15.7. The molecule has 0 bridgehead atoms. The van der Waals surface area contributed by atoms with Crippen LogP contribution in [0.25, 0.3) is 5.57 Å². The van der Waals surface area contributed by atoms with Gasteiger partial charge in [-0.1, -0.05) is 38.6 Å². The van der Waals surface area contributed by atoms with Crippen molar-refractivity contribution in [1.29, 1.82) is 0 Å². The van der Waals surface area contributed by atoms with Crippen molar-refractivity contribution in [2.75, 3.05) is 38.5 Å². The fraction of sp³-hybridized carbons (Fsp3) is 0.400. The topological polar surface area (TPSA) is 86.0 Å². The average Bonchev–Trinajstić information content (AvgIpc) is 3.53. The van der Waals surface area contributed by atoms with Gasteiger partial charge in [-0.3, -0.25) is 14.8 Å². The summed E-state index contributed by atoms with van der Waals surface area (Å²) >= 11 is 0. The number of aliphatic imine (C=N–C) groups is 1. The summed E-state index contributed by atoms with van der Waals surface area (Å²) in [6, 6.07) is 11.0. The summed E-state index contributed by atoms with van der Waals surface area (Å²) in [5.41, 5.74) is 12.0. The van der Waals surface area contributed by atoms with Crippen molar-refractivity contribution in [3.63, 3.8) is 0 Å². The minimum absolute atomic E-state index is 0.0395. The number of benzene rings is 2. The van der Waals surface area contributed by atoms with Gasteiger partial charge >= 0.3 is 0 Å². The number of aryl methyl sites for hydroxylation is 1. The third-order valence-electron chi connectivity index (χ3n) is 6.26. The van der Waals surface area contributed by atoms with Gasteiger partial charge in [-0.25, -0.2) is 9.40 Å². The zero-order valence-corrected chi connectivity index (χ0v) is 23.5. The van der Waals surface area contributed by atoms with E-state index in [4.69, 9.17) is 0 Å². The molecule has 8 heteroatoms. The highest BCUT2D eigenvalue weighted by atomic mass is 19.1. The second-order valence-electron chi connectivity index (χ2n) is 9.25. The number of allylic oxidation sites excluding steroid dienone is 1. The number of nitrogens with one attached hydrogen (secondary N) is 2. The molecule has 4 N–H and O–H groups in total. The Labute approximate surface area is 227 Å². The minimum atomic E-state index is -0.241. The number of likely N-dealkylation sites (N-methyl/N-ethyl adjacent to an activating group) is 1. The number of fused-ring (bicyclic) bond motifs is 1. The Kier molecular flexibility index (Phi) is 12.7. The summed E-state index contributed by atoms with van der Waals surface area (Å²) in [7, 11) is 1.76. The molecule has 38 heavy (non-hydrogen) atoms. The Morgan fingerprint density at radius 3 is 2.50 bits per heavy atom. The number of amides is 1. The van der Waals surface area contributed by atoms with Gasteiger partial charge in [0.05, 0.1) is 13.1 Å². The Bertz CT molecular complexity index is 1140. The molecule has 0 spiro atoms. The van der Waals surface area contributed by atoms with Crippen molar-refractivity contribution >= 4 is 22.9 Å². The molecular weight excluding hydrogens is 479 g/mol. The van der Waals surface area contributed by atoms with Crippen LogP contribution >= 0.6 is 0 Å². The average molecular weight is 523 g/mol. The van der Waals surface area contributed by atoms with Crippen molar-refractivity contribution < 1.29 is 9.18 Å². The van der Waals surface area contributed by atoms with Crippen LogP contribution in [-0.4, -0.2) is 54.9 Å². The lowest BCUT2D eigenvalue weighted by molar-refractivity contribution is -0.144. The van der Waals surface area contributed by atoms with Gasteiger partial charge in [0.1, 0.15) is 5.82 Å². The summed E-state index contributed by atoms with van der Waals surface area (Å²) in [6.07, 6.45) is 4.59. The lowest BCUT2D eigenvalue weighted by atomic mass is 10.0. The zero-order valence-electron chi connectivity index (χ0n) is 23.5. The molecule has 0 saturated heterocycles. The van der Waals surface area contributed by atoms with E-state index in [0.717, 1.165) is 46.7 Å². The number of nitrogens with two attached hydrogens (primary N) is 1. The summed E-state index contributed by atoms with van der Waals surface area (Å²) < 4.78 is 13.4. The summed E-state index contributed by atoms with van der Waals surface area (Å²) in [6.45, 7) is 15.8. The van der Waals surface area contributed by atoms with E-state index in [9.17, 15) is 9.18 Å². The summed E-state index contributed by atoms with van der Waals surface area (Å²) in [5.74, 6) is -0.281. The Balaban J connectivity index is 0.000000490. The third-order valence-corrected chi connectivity index (χ3v) is 6.26. The highest BCUT2D eigenvalue weighted by Gasteiger charge is 2.25. The molecule has 0 atom stereocenters. The predicted octanol–water partition coefficient (Wildman–Crippen LogP) is 4.89. The van der Waals surface area contributed by atoms with Crippen LogP contribution in [0.15, 0.2) is 60.2 Å². The van der Waals surface area contributed by atoms with Crippen LogP contribution in [0.4, 0.5) is 10.1 Å². The number of carbonyl (C=O) groups is 1. The summed E-state index contributed by atoms with van der Waals surface area (Å²) in [5, 5.41) is 10.0. The van der Waals surface area contributed by atoms with E-state index in [-0.39, 0.29) is 18.3 Å². The van der Waals surface area contributed by atoms with Crippen molar-refractivity contribution in [3.8, 4) is 0 Å². The summed E-state index contributed by atoms with van der Waals surface area (Å²) in [4.78, 5) is 17.2. The molecule has 206 valence electrons. The lowest BCUT2D eigenvalue weighted by Crippen LogP contribution is -2.43. The monoisotopic (exact) mass is 522 g/mol. The molecule has 0 fully saturated rings. The molecule has 2 heterocycles. The maximum atomic E-state index is 13.4. The van der Waals surface area contributed by atoms with Gasteiger partial charge < -0.3 is 16.4 Å². The molecule has 1 amide bonds. The SMILES string of the molecule is C=CN.CC1=NCC(c2ccc(C)c(NCC(=O)N(C)N3Cc4ccc(F)cc4C3)c2)=C1.CCCNCC. The highest BCUT2D eigenvalue weighted by Crippen LogP contribution is 2.26. The van der Waals surface area contributed by atoms with Crippen molar-refractivity contribution in [2.24, 2.45) is 10.7 Å². The first-order chi connectivity index (χ1) is 18.2. The Morgan fingerprint density at radius 2 is 1.89 bits per heavy atom. The number of hydrogen-bond donors (Lipinski definition) is 3. The van der Waals surface area contributed by atoms with E-state index >= 15 is 0 Å². The van der Waals surface area contributed by atoms with Crippen LogP contribution in [0.3, 0.4) is 0 Å². The maximum Gasteiger partial charge on any atom is 0.255 e. The van der Waals surface area contributed by atoms with Crippen molar-refractivity contribution in [2.45, 2.75) is 47.2 Å². The second-order valence-corrected chi connectivity index (χ2v) is 9.25. The molecule has 2 aromatic carbocycles. The lowest BCUT2D eigenvalue weighted by Gasteiger charge is -2.28. The van der Waals surface area contributed by atoms with E-state index in [2.05, 4.69) is 66.1 Å². The predicted molar refractivity (Wildman–Crippen MR) is 157 cm³/mol. The normalized spacial score (nSPS) is 13.7. The van der Waals surface area contributed by atoms with Crippen LogP contribution in [-0.2, 0) is 17.9 Å². The molecule has 2 aliphatic heterocycles. The van der Waals surface area contributed by atoms with Gasteiger partial charge in [-0.2, -0.15) is 0 Å². The number of carbonyl (C=O) groups excluding carboxylic acids is 1. The van der Waals surface area contributed by atoms with Gasteiger partial charge in [0.25, 0.3) is 5.91 Å². The van der Waals surface area contributed by atoms with Crippen LogP contribution < -0.4 is 16.4 Å². The minimum Gasteiger partial charge on any atom is -0.405 e. The number of hydrogen-bond acceptors (Lipinski definition) is 6. The Morgan fingerprint density at radius 1 is 1.18 bits per heavy atom. The molecule has 0 radical (unpaired) electrons. The largest absolute Gasteiger partial charge is 0.405 e.